The lowest BCUT2D eigenvalue weighted by Crippen LogP contribution is -2.79. The number of carbonyl (C=O) groups excluding carboxylic acids is 1. The SMILES string of the molecule is COC1CC(O[C@H]2CC[C@]3(C)C4CC(OC(=O)c5ccccc5)[C@@]5(C)[C@](O)(CC[C@@]5(O)C(C)O)[C@]4(O)CC[C@H]3C2)OC(C)C1O. The van der Waals surface area contributed by atoms with E-state index in [1.807, 2.05) is 13.0 Å². The van der Waals surface area contributed by atoms with Gasteiger partial charge in [0.2, 0.25) is 0 Å². The van der Waals surface area contributed by atoms with Gasteiger partial charge in [-0.05, 0) is 94.6 Å². The summed E-state index contributed by atoms with van der Waals surface area (Å²) in [6.07, 6.45) is -0.231. The maximum atomic E-state index is 13.5. The molecule has 10 nitrogen and oxygen atoms in total. The fourth-order valence-corrected chi connectivity index (χ4v) is 10.5. The van der Waals surface area contributed by atoms with Crippen LogP contribution in [0.1, 0.15) is 95.8 Å². The summed E-state index contributed by atoms with van der Waals surface area (Å²) in [5, 5.41) is 58.8. The van der Waals surface area contributed by atoms with Gasteiger partial charge in [-0.25, -0.2) is 4.79 Å². The fourth-order valence-electron chi connectivity index (χ4n) is 10.5. The summed E-state index contributed by atoms with van der Waals surface area (Å²) in [7, 11) is 1.58. The molecule has 0 bridgehead atoms. The van der Waals surface area contributed by atoms with E-state index in [0.29, 0.717) is 24.8 Å². The molecule has 1 aliphatic heterocycles. The Hall–Kier alpha value is -1.63. The molecule has 0 aromatic heterocycles. The molecule has 1 aromatic carbocycles. The van der Waals surface area contributed by atoms with Gasteiger partial charge < -0.3 is 44.5 Å². The van der Waals surface area contributed by atoms with E-state index < -0.39 is 70.2 Å². The molecule has 252 valence electrons. The first-order valence-electron chi connectivity index (χ1n) is 16.8. The molecule has 0 spiro atoms. The van der Waals surface area contributed by atoms with Gasteiger partial charge in [0.1, 0.15) is 23.4 Å². The van der Waals surface area contributed by atoms with Crippen LogP contribution in [-0.4, -0.2) is 98.3 Å². The van der Waals surface area contributed by atoms with E-state index in [1.165, 1.54) is 6.92 Å². The highest BCUT2D eigenvalue weighted by Crippen LogP contribution is 2.72. The van der Waals surface area contributed by atoms with Gasteiger partial charge in [0.05, 0.1) is 41.0 Å². The van der Waals surface area contributed by atoms with Gasteiger partial charge in [-0.15, -0.1) is 0 Å². The van der Waals surface area contributed by atoms with Crippen LogP contribution in [0, 0.1) is 22.7 Å². The third-order valence-corrected chi connectivity index (χ3v) is 13.4. The third-order valence-electron chi connectivity index (χ3n) is 13.4. The minimum absolute atomic E-state index is 0.0686. The second kappa shape index (κ2) is 11.5. The second-order valence-electron chi connectivity index (χ2n) is 15.2. The molecule has 4 saturated carbocycles. The Morgan fingerprint density at radius 1 is 1.00 bits per heavy atom. The van der Waals surface area contributed by atoms with Crippen LogP contribution in [0.3, 0.4) is 0 Å². The number of hydrogen-bond donors (Lipinski definition) is 5. The first kappa shape index (κ1) is 33.3. The van der Waals surface area contributed by atoms with Crippen molar-refractivity contribution in [1.82, 2.24) is 0 Å². The molecule has 0 radical (unpaired) electrons. The summed E-state index contributed by atoms with van der Waals surface area (Å²) in [5.74, 6) is -0.821. The highest BCUT2D eigenvalue weighted by molar-refractivity contribution is 5.89. The summed E-state index contributed by atoms with van der Waals surface area (Å²) in [6.45, 7) is 7.17. The Morgan fingerprint density at radius 2 is 1.71 bits per heavy atom. The van der Waals surface area contributed by atoms with Crippen LogP contribution in [0.25, 0.3) is 0 Å². The van der Waals surface area contributed by atoms with E-state index in [2.05, 4.69) is 6.92 Å². The minimum Gasteiger partial charge on any atom is -0.458 e. The van der Waals surface area contributed by atoms with Crippen molar-refractivity contribution in [3.05, 3.63) is 35.9 Å². The highest BCUT2D eigenvalue weighted by Gasteiger charge is 2.81. The number of esters is 1. The predicted molar refractivity (Wildman–Crippen MR) is 163 cm³/mol. The average molecular weight is 633 g/mol. The van der Waals surface area contributed by atoms with Crippen molar-refractivity contribution in [1.29, 1.82) is 0 Å². The number of hydrogen-bond acceptors (Lipinski definition) is 10. The molecule has 1 heterocycles. The minimum atomic E-state index is -1.81. The Bertz CT molecular complexity index is 1240. The van der Waals surface area contributed by atoms with E-state index in [9.17, 15) is 30.3 Å². The Kier molecular flexibility index (Phi) is 8.51. The quantitative estimate of drug-likeness (QED) is 0.233. The number of benzene rings is 1. The molecule has 6 rings (SSSR count). The van der Waals surface area contributed by atoms with Crippen molar-refractivity contribution in [2.45, 2.75) is 145 Å². The topological polar surface area (TPSA) is 155 Å². The normalized spacial score (nSPS) is 50.2. The number of aliphatic hydroxyl groups is 5. The van der Waals surface area contributed by atoms with Crippen LogP contribution in [0.15, 0.2) is 30.3 Å². The maximum Gasteiger partial charge on any atom is 0.338 e. The number of ether oxygens (including phenoxy) is 4. The van der Waals surface area contributed by atoms with Crippen molar-refractivity contribution in [3.63, 3.8) is 0 Å². The van der Waals surface area contributed by atoms with Crippen LogP contribution in [0.2, 0.25) is 0 Å². The molecule has 5 fully saturated rings. The lowest BCUT2D eigenvalue weighted by atomic mass is 9.40. The smallest absolute Gasteiger partial charge is 0.338 e. The zero-order valence-electron chi connectivity index (χ0n) is 27.2. The van der Waals surface area contributed by atoms with Gasteiger partial charge >= 0.3 is 5.97 Å². The van der Waals surface area contributed by atoms with E-state index in [4.69, 9.17) is 18.9 Å². The molecule has 1 aromatic rings. The summed E-state index contributed by atoms with van der Waals surface area (Å²) < 4.78 is 24.2. The summed E-state index contributed by atoms with van der Waals surface area (Å²) in [5.41, 5.74) is -6.71. The lowest BCUT2D eigenvalue weighted by Gasteiger charge is -2.69. The highest BCUT2D eigenvalue weighted by atomic mass is 16.7. The molecule has 4 aliphatic carbocycles. The fraction of sp³-hybridized carbons (Fsp3) is 0.800. The summed E-state index contributed by atoms with van der Waals surface area (Å²) in [4.78, 5) is 13.5. The van der Waals surface area contributed by atoms with Gasteiger partial charge in [0, 0.05) is 13.5 Å². The number of fused-ring (bicyclic) bond motifs is 5. The van der Waals surface area contributed by atoms with Gasteiger partial charge in [0.15, 0.2) is 6.29 Å². The monoisotopic (exact) mass is 632 g/mol. The van der Waals surface area contributed by atoms with Crippen LogP contribution in [0.5, 0.6) is 0 Å². The number of methoxy groups -OCH3 is 1. The Balaban J connectivity index is 1.29. The molecule has 5 N–H and O–H groups in total. The van der Waals surface area contributed by atoms with E-state index >= 15 is 0 Å². The number of aliphatic hydroxyl groups excluding tert-OH is 2. The predicted octanol–water partition coefficient (Wildman–Crippen LogP) is 3.10. The molecule has 0 amide bonds. The lowest BCUT2D eigenvalue weighted by molar-refractivity contribution is -0.342. The molecule has 5 aliphatic rings. The first-order chi connectivity index (χ1) is 21.1. The van der Waals surface area contributed by atoms with E-state index in [-0.39, 0.29) is 37.4 Å². The Labute approximate surface area is 266 Å². The number of rotatable bonds is 6. The van der Waals surface area contributed by atoms with E-state index in [0.717, 1.165) is 19.3 Å². The molecule has 10 heteroatoms. The summed E-state index contributed by atoms with van der Waals surface area (Å²) >= 11 is 0. The first-order valence-corrected chi connectivity index (χ1v) is 16.8. The van der Waals surface area contributed by atoms with Crippen molar-refractivity contribution >= 4 is 5.97 Å². The van der Waals surface area contributed by atoms with Crippen LogP contribution < -0.4 is 0 Å². The molecular weight excluding hydrogens is 580 g/mol. The van der Waals surface area contributed by atoms with Gasteiger partial charge in [-0.2, -0.15) is 0 Å². The van der Waals surface area contributed by atoms with Gasteiger partial charge in [-0.1, -0.05) is 32.0 Å². The van der Waals surface area contributed by atoms with Gasteiger partial charge in [0.25, 0.3) is 0 Å². The van der Waals surface area contributed by atoms with Gasteiger partial charge in [-0.3, -0.25) is 0 Å². The standard InChI is InChI=1S/C35H52O10/c1-20-29(37)25(42-5)18-28(43-20)44-24-12-13-31(3)23(17-24)11-14-34(40)26(31)19-27(45-30(38)22-9-7-6-8-10-22)32(4)33(39,21(2)36)15-16-35(32,34)41/h6-10,20-21,23-29,36-37,39-41H,11-19H2,1-5H3/t20?,21?,23-,24-,25?,26?,27?,28?,29?,31-,32+,33+,34-,35+/m0/s1. The van der Waals surface area contributed by atoms with Crippen molar-refractivity contribution in [2.75, 3.05) is 7.11 Å². The molecule has 1 saturated heterocycles. The van der Waals surface area contributed by atoms with Crippen molar-refractivity contribution in [3.8, 4) is 0 Å². The molecule has 7 unspecified atom stereocenters. The number of carbonyl (C=O) groups is 1. The molecule has 45 heavy (non-hydrogen) atoms. The van der Waals surface area contributed by atoms with Crippen LogP contribution in [-0.2, 0) is 18.9 Å². The van der Waals surface area contributed by atoms with Crippen LogP contribution in [0.4, 0.5) is 0 Å². The van der Waals surface area contributed by atoms with Crippen molar-refractivity contribution in [2.24, 2.45) is 22.7 Å². The molecule has 14 atom stereocenters. The average Bonchev–Trinajstić information content (AvgIpc) is 3.25. The van der Waals surface area contributed by atoms with E-state index in [1.54, 1.807) is 38.3 Å². The molecular formula is C35H52O10. The Morgan fingerprint density at radius 3 is 2.38 bits per heavy atom. The largest absolute Gasteiger partial charge is 0.458 e. The third kappa shape index (κ3) is 4.77. The zero-order chi connectivity index (χ0) is 32.6. The summed E-state index contributed by atoms with van der Waals surface area (Å²) in [6, 6.07) is 8.64. The zero-order valence-corrected chi connectivity index (χ0v) is 27.2. The second-order valence-corrected chi connectivity index (χ2v) is 15.2. The maximum absolute atomic E-state index is 13.5. The van der Waals surface area contributed by atoms with Crippen molar-refractivity contribution < 1.29 is 49.3 Å². The van der Waals surface area contributed by atoms with Crippen LogP contribution >= 0.6 is 0 Å².